The minimum atomic E-state index is -0.811. The average molecular weight is 310 g/mol. The van der Waals surface area contributed by atoms with Gasteiger partial charge in [-0.05, 0) is 24.6 Å². The van der Waals surface area contributed by atoms with E-state index in [4.69, 9.17) is 10.00 Å². The van der Waals surface area contributed by atoms with Crippen LogP contribution in [-0.2, 0) is 29.0 Å². The number of nitriles is 1. The zero-order valence-electron chi connectivity index (χ0n) is 13.0. The van der Waals surface area contributed by atoms with E-state index < -0.39 is 11.9 Å². The number of nitrogens with one attached hydrogen (secondary N) is 1. The number of hydrogen-bond acceptors (Lipinski definition) is 5. The molecule has 1 atom stereocenters. The van der Waals surface area contributed by atoms with Crippen molar-refractivity contribution in [2.45, 2.75) is 26.4 Å². The summed E-state index contributed by atoms with van der Waals surface area (Å²) in [6.07, 6.45) is 0.275. The van der Waals surface area contributed by atoms with Crippen LogP contribution in [-0.4, -0.2) is 22.4 Å². The molecule has 2 aromatic rings. The number of carbonyl (C=O) groups excluding carboxylic acids is 1. The molecule has 1 N–H and O–H groups in total. The Morgan fingerprint density at radius 1 is 1.52 bits per heavy atom. The number of fused-ring (bicyclic) bond motifs is 2. The van der Waals surface area contributed by atoms with E-state index in [1.165, 1.54) is 5.56 Å². The molecule has 0 fully saturated rings. The fourth-order valence-electron chi connectivity index (χ4n) is 2.71. The normalized spacial score (nSPS) is 13.7. The van der Waals surface area contributed by atoms with Gasteiger partial charge in [0, 0.05) is 12.1 Å². The predicted octanol–water partition coefficient (Wildman–Crippen LogP) is 2.10. The Labute approximate surface area is 134 Å². The summed E-state index contributed by atoms with van der Waals surface area (Å²) in [5.74, 6) is -1.30. The molecule has 0 spiro atoms. The van der Waals surface area contributed by atoms with Crippen LogP contribution in [0.5, 0.6) is 0 Å². The topological polar surface area (TPSA) is 79.9 Å². The van der Waals surface area contributed by atoms with Gasteiger partial charge >= 0.3 is 5.97 Å². The molecule has 1 aromatic heterocycles. The minimum absolute atomic E-state index is 0.275. The highest BCUT2D eigenvalue weighted by Gasteiger charge is 2.22. The van der Waals surface area contributed by atoms with Crippen LogP contribution >= 0.6 is 0 Å². The summed E-state index contributed by atoms with van der Waals surface area (Å²) >= 11 is 0. The smallest absolute Gasteiger partial charge is 0.323 e. The average Bonchev–Trinajstić information content (AvgIpc) is 2.85. The van der Waals surface area contributed by atoms with Crippen LogP contribution in [0.25, 0.3) is 0 Å². The van der Waals surface area contributed by atoms with Crippen molar-refractivity contribution in [2.75, 3.05) is 11.9 Å². The maximum absolute atomic E-state index is 11.7. The first kappa shape index (κ1) is 15.1. The third-order valence-corrected chi connectivity index (χ3v) is 3.85. The number of anilines is 1. The second-order valence-electron chi connectivity index (χ2n) is 5.43. The van der Waals surface area contributed by atoms with Crippen molar-refractivity contribution in [3.63, 3.8) is 0 Å². The Balaban J connectivity index is 1.79. The van der Waals surface area contributed by atoms with Crippen LogP contribution in [0.3, 0.4) is 0 Å². The van der Waals surface area contributed by atoms with Gasteiger partial charge in [0.2, 0.25) is 0 Å². The zero-order chi connectivity index (χ0) is 16.2. The van der Waals surface area contributed by atoms with Gasteiger partial charge in [-0.2, -0.15) is 10.4 Å². The molecule has 1 unspecified atom stereocenters. The highest BCUT2D eigenvalue weighted by atomic mass is 16.5. The number of para-hydroxylation sites is 1. The van der Waals surface area contributed by atoms with E-state index in [9.17, 15) is 4.79 Å². The molecule has 1 aliphatic heterocycles. The molecule has 118 valence electrons. The van der Waals surface area contributed by atoms with Crippen LogP contribution in [0, 0.1) is 17.2 Å². The number of ether oxygens (including phenoxy) is 1. The number of aromatic nitrogens is 2. The van der Waals surface area contributed by atoms with Crippen molar-refractivity contribution < 1.29 is 9.53 Å². The van der Waals surface area contributed by atoms with Gasteiger partial charge in [-0.1, -0.05) is 18.2 Å². The molecule has 1 aliphatic rings. The molecule has 3 rings (SSSR count). The molecule has 0 aliphatic carbocycles. The van der Waals surface area contributed by atoms with Crippen molar-refractivity contribution >= 4 is 11.7 Å². The standard InChI is InChI=1S/C17H18N4O2/c1-2-23-17(22)13(9-18)7-14-8-15-10-19-16-6-4-3-5-12(16)11-21(15)20-14/h3-6,8,13,19H,2,7,10-11H2,1H3. The van der Waals surface area contributed by atoms with E-state index in [1.54, 1.807) is 6.92 Å². The number of carbonyl (C=O) groups is 1. The summed E-state index contributed by atoms with van der Waals surface area (Å²) in [7, 11) is 0. The first-order chi connectivity index (χ1) is 11.2. The molecule has 0 saturated carbocycles. The van der Waals surface area contributed by atoms with Gasteiger partial charge in [0.05, 0.1) is 37.2 Å². The molecule has 23 heavy (non-hydrogen) atoms. The Bertz CT molecular complexity index is 760. The van der Waals surface area contributed by atoms with E-state index in [0.717, 1.165) is 17.1 Å². The van der Waals surface area contributed by atoms with E-state index in [0.29, 0.717) is 13.1 Å². The van der Waals surface area contributed by atoms with Crippen LogP contribution in [0.4, 0.5) is 5.69 Å². The van der Waals surface area contributed by atoms with Gasteiger partial charge in [0.25, 0.3) is 0 Å². The third-order valence-electron chi connectivity index (χ3n) is 3.85. The molecular formula is C17H18N4O2. The molecule has 0 amide bonds. The number of benzene rings is 1. The molecule has 6 nitrogen and oxygen atoms in total. The lowest BCUT2D eigenvalue weighted by Crippen LogP contribution is -2.18. The van der Waals surface area contributed by atoms with Gasteiger partial charge in [0.1, 0.15) is 5.92 Å². The van der Waals surface area contributed by atoms with E-state index in [-0.39, 0.29) is 13.0 Å². The molecule has 6 heteroatoms. The number of esters is 1. The maximum Gasteiger partial charge on any atom is 0.323 e. The first-order valence-electron chi connectivity index (χ1n) is 7.65. The summed E-state index contributed by atoms with van der Waals surface area (Å²) in [6, 6.07) is 12.1. The minimum Gasteiger partial charge on any atom is -0.465 e. The Morgan fingerprint density at radius 3 is 3.13 bits per heavy atom. The summed E-state index contributed by atoms with van der Waals surface area (Å²) in [6.45, 7) is 3.35. The Morgan fingerprint density at radius 2 is 2.35 bits per heavy atom. The van der Waals surface area contributed by atoms with E-state index >= 15 is 0 Å². The van der Waals surface area contributed by atoms with Crippen LogP contribution in [0.15, 0.2) is 30.3 Å². The Kier molecular flexibility index (Phi) is 4.29. The van der Waals surface area contributed by atoms with Crippen molar-refractivity contribution in [1.82, 2.24) is 9.78 Å². The monoisotopic (exact) mass is 310 g/mol. The Hall–Kier alpha value is -2.81. The summed E-state index contributed by atoms with van der Waals surface area (Å²) < 4.78 is 6.85. The molecule has 0 bridgehead atoms. The van der Waals surface area contributed by atoms with Gasteiger partial charge in [-0.3, -0.25) is 9.48 Å². The number of hydrogen-bond donors (Lipinski definition) is 1. The molecular weight excluding hydrogens is 292 g/mol. The van der Waals surface area contributed by atoms with E-state index in [2.05, 4.69) is 22.5 Å². The number of rotatable bonds is 4. The van der Waals surface area contributed by atoms with Crippen LogP contribution < -0.4 is 5.32 Å². The first-order valence-corrected chi connectivity index (χ1v) is 7.65. The van der Waals surface area contributed by atoms with Gasteiger partial charge in [-0.25, -0.2) is 0 Å². The largest absolute Gasteiger partial charge is 0.465 e. The number of nitrogens with zero attached hydrogens (tertiary/aromatic N) is 3. The summed E-state index contributed by atoms with van der Waals surface area (Å²) in [4.78, 5) is 11.7. The molecule has 0 saturated heterocycles. The van der Waals surface area contributed by atoms with Crippen molar-refractivity contribution in [2.24, 2.45) is 5.92 Å². The maximum atomic E-state index is 11.7. The zero-order valence-corrected chi connectivity index (χ0v) is 13.0. The van der Waals surface area contributed by atoms with Gasteiger partial charge < -0.3 is 10.1 Å². The van der Waals surface area contributed by atoms with Gasteiger partial charge in [0.15, 0.2) is 0 Å². The lowest BCUT2D eigenvalue weighted by Gasteiger charge is -2.07. The SMILES string of the molecule is CCOC(=O)C(C#N)Cc1cc2n(n1)Cc1ccccc1NC2. The van der Waals surface area contributed by atoms with Crippen LogP contribution in [0.2, 0.25) is 0 Å². The summed E-state index contributed by atoms with van der Waals surface area (Å²) in [5.41, 5.74) is 4.06. The second kappa shape index (κ2) is 6.53. The summed E-state index contributed by atoms with van der Waals surface area (Å²) in [5, 5.41) is 17.1. The predicted molar refractivity (Wildman–Crippen MR) is 84.5 cm³/mol. The fourth-order valence-corrected chi connectivity index (χ4v) is 2.71. The lowest BCUT2D eigenvalue weighted by atomic mass is 10.1. The molecule has 1 aromatic carbocycles. The quantitative estimate of drug-likeness (QED) is 0.875. The molecule has 0 radical (unpaired) electrons. The van der Waals surface area contributed by atoms with E-state index in [1.807, 2.05) is 29.0 Å². The van der Waals surface area contributed by atoms with Gasteiger partial charge in [-0.15, -0.1) is 0 Å². The van der Waals surface area contributed by atoms with Crippen molar-refractivity contribution in [3.05, 3.63) is 47.3 Å². The van der Waals surface area contributed by atoms with Crippen molar-refractivity contribution in [1.29, 1.82) is 5.26 Å². The highest BCUT2D eigenvalue weighted by Crippen LogP contribution is 2.22. The highest BCUT2D eigenvalue weighted by molar-refractivity contribution is 5.75. The third kappa shape index (κ3) is 3.19. The second-order valence-corrected chi connectivity index (χ2v) is 5.43. The van der Waals surface area contributed by atoms with Crippen LogP contribution in [0.1, 0.15) is 23.9 Å². The van der Waals surface area contributed by atoms with Crippen molar-refractivity contribution in [3.8, 4) is 6.07 Å². The molecule has 2 heterocycles. The fraction of sp³-hybridized carbons (Fsp3) is 0.353. The lowest BCUT2D eigenvalue weighted by molar-refractivity contribution is -0.146.